The first-order valence-corrected chi connectivity index (χ1v) is 14.4. The lowest BCUT2D eigenvalue weighted by Gasteiger charge is -2.02. The van der Waals surface area contributed by atoms with Crippen LogP contribution < -0.4 is 0 Å². The SMILES string of the molecule is CCCCCCCCCCCCCC(=O)C=CC(=O)CCCCCCCCCCCCC. The van der Waals surface area contributed by atoms with Crippen LogP contribution in [0.3, 0.4) is 0 Å². The summed E-state index contributed by atoms with van der Waals surface area (Å²) in [5, 5.41) is 0. The van der Waals surface area contributed by atoms with Gasteiger partial charge in [0, 0.05) is 12.8 Å². The summed E-state index contributed by atoms with van der Waals surface area (Å²) in [6.45, 7) is 4.52. The molecule has 2 nitrogen and oxygen atoms in total. The molecule has 0 spiro atoms. The number of ketones is 2. The maximum absolute atomic E-state index is 11.9. The Morgan fingerprint density at radius 2 is 0.594 bits per heavy atom. The van der Waals surface area contributed by atoms with Crippen LogP contribution in [-0.2, 0) is 9.59 Å². The Morgan fingerprint density at radius 1 is 0.375 bits per heavy atom. The van der Waals surface area contributed by atoms with Gasteiger partial charge in [-0.2, -0.15) is 0 Å². The first-order chi connectivity index (χ1) is 15.7. The molecule has 188 valence electrons. The summed E-state index contributed by atoms with van der Waals surface area (Å²) in [6.07, 6.45) is 32.7. The second kappa shape index (κ2) is 26.3. The van der Waals surface area contributed by atoms with Crippen molar-refractivity contribution in [2.75, 3.05) is 0 Å². The third kappa shape index (κ3) is 25.3. The Hall–Kier alpha value is -0.920. The number of carbonyl (C=O) groups is 2. The Balaban J connectivity index is 3.39. The highest BCUT2D eigenvalue weighted by Crippen LogP contribution is 2.13. The highest BCUT2D eigenvalue weighted by atomic mass is 16.1. The van der Waals surface area contributed by atoms with E-state index >= 15 is 0 Å². The molecule has 0 aromatic rings. The van der Waals surface area contributed by atoms with Gasteiger partial charge in [-0.1, -0.05) is 142 Å². The van der Waals surface area contributed by atoms with Gasteiger partial charge < -0.3 is 0 Å². The minimum Gasteiger partial charge on any atom is -0.295 e. The lowest BCUT2D eigenvalue weighted by molar-refractivity contribution is -0.116. The fourth-order valence-corrected chi connectivity index (χ4v) is 4.28. The Morgan fingerprint density at radius 3 is 0.844 bits per heavy atom. The van der Waals surface area contributed by atoms with Crippen LogP contribution in [0.1, 0.15) is 168 Å². The van der Waals surface area contributed by atoms with Crippen molar-refractivity contribution in [3.8, 4) is 0 Å². The molecule has 0 aromatic heterocycles. The van der Waals surface area contributed by atoms with E-state index in [4.69, 9.17) is 0 Å². The fraction of sp³-hybridized carbons (Fsp3) is 0.867. The Bertz CT molecular complexity index is 398. The average Bonchev–Trinajstić information content (AvgIpc) is 2.79. The summed E-state index contributed by atoms with van der Waals surface area (Å²) >= 11 is 0. The van der Waals surface area contributed by atoms with E-state index < -0.39 is 0 Å². The predicted octanol–water partition coefficient (Wildman–Crippen LogP) is 10.1. The van der Waals surface area contributed by atoms with Crippen molar-refractivity contribution >= 4 is 11.6 Å². The number of unbranched alkanes of at least 4 members (excludes halogenated alkanes) is 20. The second-order valence-corrected chi connectivity index (χ2v) is 9.84. The van der Waals surface area contributed by atoms with Crippen molar-refractivity contribution in [2.45, 2.75) is 168 Å². The molecule has 0 amide bonds. The van der Waals surface area contributed by atoms with Gasteiger partial charge in [-0.25, -0.2) is 0 Å². The van der Waals surface area contributed by atoms with Gasteiger partial charge in [0.1, 0.15) is 0 Å². The first-order valence-electron chi connectivity index (χ1n) is 14.4. The van der Waals surface area contributed by atoms with Crippen LogP contribution in [0, 0.1) is 0 Å². The summed E-state index contributed by atoms with van der Waals surface area (Å²) in [4.78, 5) is 23.9. The van der Waals surface area contributed by atoms with E-state index in [-0.39, 0.29) is 11.6 Å². The molecule has 0 aromatic carbocycles. The normalized spacial score (nSPS) is 11.4. The number of allylic oxidation sites excluding steroid dienone is 2. The van der Waals surface area contributed by atoms with Crippen molar-refractivity contribution in [2.24, 2.45) is 0 Å². The van der Waals surface area contributed by atoms with Crippen LogP contribution in [-0.4, -0.2) is 11.6 Å². The largest absolute Gasteiger partial charge is 0.295 e. The molecule has 0 bridgehead atoms. The van der Waals surface area contributed by atoms with E-state index in [1.807, 2.05) is 0 Å². The summed E-state index contributed by atoms with van der Waals surface area (Å²) in [5.74, 6) is 0.237. The van der Waals surface area contributed by atoms with Crippen molar-refractivity contribution in [3.05, 3.63) is 12.2 Å². The summed E-state index contributed by atoms with van der Waals surface area (Å²) < 4.78 is 0. The highest BCUT2D eigenvalue weighted by molar-refractivity contribution is 5.98. The van der Waals surface area contributed by atoms with Crippen molar-refractivity contribution < 1.29 is 9.59 Å². The maximum atomic E-state index is 11.9. The topological polar surface area (TPSA) is 34.1 Å². The fourth-order valence-electron chi connectivity index (χ4n) is 4.28. The molecule has 0 unspecified atom stereocenters. The molecule has 0 heterocycles. The number of hydrogen-bond donors (Lipinski definition) is 0. The lowest BCUT2D eigenvalue weighted by atomic mass is 10.0. The van der Waals surface area contributed by atoms with Gasteiger partial charge in [0.05, 0.1) is 0 Å². The van der Waals surface area contributed by atoms with Gasteiger partial charge >= 0.3 is 0 Å². The van der Waals surface area contributed by atoms with Crippen LogP contribution in [0.5, 0.6) is 0 Å². The van der Waals surface area contributed by atoms with E-state index in [0.717, 1.165) is 25.7 Å². The summed E-state index contributed by atoms with van der Waals surface area (Å²) in [7, 11) is 0. The van der Waals surface area contributed by atoms with Gasteiger partial charge in [0.25, 0.3) is 0 Å². The van der Waals surface area contributed by atoms with Crippen molar-refractivity contribution in [1.29, 1.82) is 0 Å². The molecule has 2 heteroatoms. The van der Waals surface area contributed by atoms with Gasteiger partial charge in [0.2, 0.25) is 0 Å². The molecule has 32 heavy (non-hydrogen) atoms. The molecule has 0 N–H and O–H groups in total. The molecule has 0 fully saturated rings. The molecule has 0 aliphatic heterocycles. The molecule has 0 atom stereocenters. The molecule has 0 aliphatic carbocycles. The monoisotopic (exact) mass is 448 g/mol. The summed E-state index contributed by atoms with van der Waals surface area (Å²) in [6, 6.07) is 0. The Labute approximate surface area is 201 Å². The van der Waals surface area contributed by atoms with Crippen LogP contribution in [0.4, 0.5) is 0 Å². The van der Waals surface area contributed by atoms with Gasteiger partial charge in [0.15, 0.2) is 11.6 Å². The van der Waals surface area contributed by atoms with Crippen LogP contribution >= 0.6 is 0 Å². The van der Waals surface area contributed by atoms with E-state index in [1.54, 1.807) is 0 Å². The zero-order valence-electron chi connectivity index (χ0n) is 21.9. The van der Waals surface area contributed by atoms with Crippen LogP contribution in [0.2, 0.25) is 0 Å². The zero-order valence-corrected chi connectivity index (χ0v) is 21.9. The molecular weight excluding hydrogens is 392 g/mol. The molecule has 0 rings (SSSR count). The van der Waals surface area contributed by atoms with E-state index in [0.29, 0.717) is 12.8 Å². The smallest absolute Gasteiger partial charge is 0.155 e. The minimum absolute atomic E-state index is 0.119. The van der Waals surface area contributed by atoms with E-state index in [1.165, 1.54) is 128 Å². The Kier molecular flexibility index (Phi) is 25.6. The second-order valence-electron chi connectivity index (χ2n) is 9.84. The number of hydrogen-bond acceptors (Lipinski definition) is 2. The predicted molar refractivity (Wildman–Crippen MR) is 141 cm³/mol. The third-order valence-electron chi connectivity index (χ3n) is 6.51. The molecule has 0 aliphatic rings. The zero-order chi connectivity index (χ0) is 23.5. The highest BCUT2D eigenvalue weighted by Gasteiger charge is 2.01. The molecule has 0 saturated carbocycles. The lowest BCUT2D eigenvalue weighted by Crippen LogP contribution is -1.97. The number of rotatable bonds is 26. The minimum atomic E-state index is 0.119. The maximum Gasteiger partial charge on any atom is 0.155 e. The standard InChI is InChI=1S/C30H56O2/c1-3-5-7-9-11-13-15-17-19-21-23-25-29(31)27-28-30(32)26-24-22-20-18-16-14-12-10-8-6-4-2/h27-28H,3-26H2,1-2H3. The van der Waals surface area contributed by atoms with Crippen LogP contribution in [0.25, 0.3) is 0 Å². The van der Waals surface area contributed by atoms with E-state index in [9.17, 15) is 9.59 Å². The molecule has 0 saturated heterocycles. The molecule has 0 radical (unpaired) electrons. The first kappa shape index (κ1) is 31.1. The van der Waals surface area contributed by atoms with Gasteiger partial charge in [-0.15, -0.1) is 0 Å². The van der Waals surface area contributed by atoms with Gasteiger partial charge in [-0.3, -0.25) is 9.59 Å². The van der Waals surface area contributed by atoms with Crippen molar-refractivity contribution in [3.63, 3.8) is 0 Å². The average molecular weight is 449 g/mol. The number of carbonyl (C=O) groups excluding carboxylic acids is 2. The van der Waals surface area contributed by atoms with Gasteiger partial charge in [-0.05, 0) is 25.0 Å². The van der Waals surface area contributed by atoms with E-state index in [2.05, 4.69) is 13.8 Å². The molecular formula is C30H56O2. The van der Waals surface area contributed by atoms with Crippen molar-refractivity contribution in [1.82, 2.24) is 0 Å². The summed E-state index contributed by atoms with van der Waals surface area (Å²) in [5.41, 5.74) is 0. The quantitative estimate of drug-likeness (QED) is 0.0974. The third-order valence-corrected chi connectivity index (χ3v) is 6.51. The van der Waals surface area contributed by atoms with Crippen LogP contribution in [0.15, 0.2) is 12.2 Å².